The molecule has 0 saturated heterocycles. The van der Waals surface area contributed by atoms with E-state index in [1.807, 2.05) is 0 Å². The van der Waals surface area contributed by atoms with Gasteiger partial charge in [-0.3, -0.25) is 9.59 Å². The van der Waals surface area contributed by atoms with Gasteiger partial charge in [-0.1, -0.05) is 0 Å². The van der Waals surface area contributed by atoms with E-state index >= 15 is 0 Å². The maximum absolute atomic E-state index is 11.9. The molecule has 0 heterocycles. The number of carboxylic acids is 1. The van der Waals surface area contributed by atoms with Crippen LogP contribution in [0.5, 0.6) is 0 Å². The topological polar surface area (TPSA) is 101 Å². The van der Waals surface area contributed by atoms with Crippen LogP contribution in [0.1, 0.15) is 40.0 Å². The summed E-state index contributed by atoms with van der Waals surface area (Å²) in [6, 6.07) is -0.233. The average molecular weight is 291 g/mol. The molecule has 1 aliphatic carbocycles. The van der Waals surface area contributed by atoms with E-state index in [4.69, 9.17) is 5.11 Å². The van der Waals surface area contributed by atoms with Crippen LogP contribution in [0.2, 0.25) is 0 Å². The summed E-state index contributed by atoms with van der Waals surface area (Å²) >= 11 is 0. The molecular formula is C12H21NO5S. The minimum Gasteiger partial charge on any atom is -0.481 e. The standard InChI is InChI=1S/C12H21NO5S/c1-12(2,3)19(17,18)7-10(14)13-9-5-4-8(6-9)11(15)16/h8-9H,4-7H2,1-3H3,(H,13,14)(H,15,16)/t8-,9+/m1/s1. The van der Waals surface area contributed by atoms with Gasteiger partial charge in [0.2, 0.25) is 5.91 Å². The van der Waals surface area contributed by atoms with Crippen molar-refractivity contribution in [2.45, 2.75) is 50.8 Å². The number of hydrogen-bond donors (Lipinski definition) is 2. The molecule has 0 bridgehead atoms. The minimum absolute atomic E-state index is 0.233. The van der Waals surface area contributed by atoms with Crippen molar-refractivity contribution in [3.63, 3.8) is 0 Å². The zero-order valence-corrected chi connectivity index (χ0v) is 12.3. The van der Waals surface area contributed by atoms with Gasteiger partial charge in [0, 0.05) is 6.04 Å². The highest BCUT2D eigenvalue weighted by atomic mass is 32.2. The van der Waals surface area contributed by atoms with Crippen LogP contribution in [-0.4, -0.2) is 41.9 Å². The molecular weight excluding hydrogens is 270 g/mol. The Bertz CT molecular complexity index is 463. The van der Waals surface area contributed by atoms with Gasteiger partial charge in [-0.05, 0) is 40.0 Å². The Labute approximate surface area is 113 Å². The molecule has 19 heavy (non-hydrogen) atoms. The highest BCUT2D eigenvalue weighted by Gasteiger charge is 2.34. The molecule has 0 aromatic heterocycles. The predicted octanol–water partition coefficient (Wildman–Crippen LogP) is 0.569. The van der Waals surface area contributed by atoms with Gasteiger partial charge in [0.1, 0.15) is 5.75 Å². The molecule has 0 unspecified atom stereocenters. The third-order valence-corrected chi connectivity index (χ3v) is 5.91. The van der Waals surface area contributed by atoms with Crippen molar-refractivity contribution < 1.29 is 23.1 Å². The number of carboxylic acid groups (broad SMARTS) is 1. The van der Waals surface area contributed by atoms with Crippen molar-refractivity contribution in [3.8, 4) is 0 Å². The minimum atomic E-state index is -3.50. The Hall–Kier alpha value is -1.11. The number of aliphatic carboxylic acids is 1. The Morgan fingerprint density at radius 3 is 2.26 bits per heavy atom. The summed E-state index contributed by atoms with van der Waals surface area (Å²) in [6.07, 6.45) is 1.47. The molecule has 0 aliphatic heterocycles. The SMILES string of the molecule is CC(C)(C)S(=O)(=O)CC(=O)N[C@H]1CC[C@@H](C(=O)O)C1. The second-order valence-electron chi connectivity index (χ2n) is 5.98. The maximum Gasteiger partial charge on any atom is 0.306 e. The van der Waals surface area contributed by atoms with E-state index < -0.39 is 38.1 Å². The normalized spacial score (nSPS) is 24.2. The summed E-state index contributed by atoms with van der Waals surface area (Å²) in [5, 5.41) is 11.5. The second kappa shape index (κ2) is 5.48. The van der Waals surface area contributed by atoms with Gasteiger partial charge in [-0.2, -0.15) is 0 Å². The fraction of sp³-hybridized carbons (Fsp3) is 0.833. The lowest BCUT2D eigenvalue weighted by molar-refractivity contribution is -0.141. The van der Waals surface area contributed by atoms with Crippen molar-refractivity contribution >= 4 is 21.7 Å². The number of carbonyl (C=O) groups excluding carboxylic acids is 1. The Balaban J connectivity index is 2.52. The molecule has 0 spiro atoms. The number of hydrogen-bond acceptors (Lipinski definition) is 4. The first-order valence-corrected chi connectivity index (χ1v) is 7.92. The van der Waals surface area contributed by atoms with Gasteiger partial charge < -0.3 is 10.4 Å². The molecule has 1 amide bonds. The monoisotopic (exact) mass is 291 g/mol. The van der Waals surface area contributed by atoms with Gasteiger partial charge in [0.25, 0.3) is 0 Å². The lowest BCUT2D eigenvalue weighted by Crippen LogP contribution is -2.41. The largest absolute Gasteiger partial charge is 0.481 e. The van der Waals surface area contributed by atoms with E-state index in [1.165, 1.54) is 0 Å². The molecule has 1 fully saturated rings. The maximum atomic E-state index is 11.9. The van der Waals surface area contributed by atoms with Crippen LogP contribution in [0.25, 0.3) is 0 Å². The zero-order valence-electron chi connectivity index (χ0n) is 11.5. The number of rotatable bonds is 4. The molecule has 7 heteroatoms. The molecule has 6 nitrogen and oxygen atoms in total. The first-order valence-electron chi connectivity index (χ1n) is 6.27. The Morgan fingerprint density at radius 1 is 1.26 bits per heavy atom. The van der Waals surface area contributed by atoms with Gasteiger partial charge in [0.05, 0.1) is 10.7 Å². The third kappa shape index (κ3) is 4.19. The molecule has 110 valence electrons. The molecule has 1 saturated carbocycles. The summed E-state index contributed by atoms with van der Waals surface area (Å²) in [6.45, 7) is 4.64. The van der Waals surface area contributed by atoms with Crippen molar-refractivity contribution in [2.24, 2.45) is 5.92 Å². The summed E-state index contributed by atoms with van der Waals surface area (Å²) in [5.41, 5.74) is 0. The Kier molecular flexibility index (Phi) is 4.60. The van der Waals surface area contributed by atoms with Crippen LogP contribution in [0.4, 0.5) is 0 Å². The fourth-order valence-corrected chi connectivity index (χ4v) is 2.86. The molecule has 1 aliphatic rings. The van der Waals surface area contributed by atoms with Gasteiger partial charge in [0.15, 0.2) is 9.84 Å². The molecule has 0 aromatic rings. The quantitative estimate of drug-likeness (QED) is 0.788. The lowest BCUT2D eigenvalue weighted by atomic mass is 10.1. The first-order chi connectivity index (χ1) is 8.53. The van der Waals surface area contributed by atoms with Crippen molar-refractivity contribution in [1.29, 1.82) is 0 Å². The van der Waals surface area contributed by atoms with Crippen LogP contribution in [0.15, 0.2) is 0 Å². The molecule has 2 atom stereocenters. The Morgan fingerprint density at radius 2 is 1.84 bits per heavy atom. The molecule has 2 N–H and O–H groups in total. The zero-order chi connectivity index (χ0) is 14.8. The van der Waals surface area contributed by atoms with Gasteiger partial charge in [-0.25, -0.2) is 8.42 Å². The fourth-order valence-electron chi connectivity index (χ4n) is 2.00. The second-order valence-corrected chi connectivity index (χ2v) is 8.73. The van der Waals surface area contributed by atoms with Crippen LogP contribution in [0.3, 0.4) is 0 Å². The van der Waals surface area contributed by atoms with Crippen LogP contribution < -0.4 is 5.32 Å². The predicted molar refractivity (Wildman–Crippen MR) is 70.4 cm³/mol. The summed E-state index contributed by atoms with van der Waals surface area (Å²) < 4.78 is 22.7. The van der Waals surface area contributed by atoms with Crippen LogP contribution >= 0.6 is 0 Å². The lowest BCUT2D eigenvalue weighted by Gasteiger charge is -2.20. The molecule has 0 radical (unpaired) electrons. The van der Waals surface area contributed by atoms with E-state index in [-0.39, 0.29) is 6.04 Å². The number of nitrogens with one attached hydrogen (secondary N) is 1. The summed E-state index contributed by atoms with van der Waals surface area (Å²) in [7, 11) is -3.50. The van der Waals surface area contributed by atoms with E-state index in [9.17, 15) is 18.0 Å². The number of carbonyl (C=O) groups is 2. The van der Waals surface area contributed by atoms with Crippen molar-refractivity contribution in [1.82, 2.24) is 5.32 Å². The highest BCUT2D eigenvalue weighted by Crippen LogP contribution is 2.25. The molecule has 0 aromatic carbocycles. The average Bonchev–Trinajstić information content (AvgIpc) is 2.63. The van der Waals surface area contributed by atoms with E-state index in [1.54, 1.807) is 20.8 Å². The number of sulfone groups is 1. The highest BCUT2D eigenvalue weighted by molar-refractivity contribution is 7.93. The van der Waals surface area contributed by atoms with Crippen LogP contribution in [-0.2, 0) is 19.4 Å². The first kappa shape index (κ1) is 15.9. The van der Waals surface area contributed by atoms with E-state index in [0.717, 1.165) is 0 Å². The third-order valence-electron chi connectivity index (χ3n) is 3.40. The summed E-state index contributed by atoms with van der Waals surface area (Å²) in [4.78, 5) is 22.5. The van der Waals surface area contributed by atoms with Crippen molar-refractivity contribution in [3.05, 3.63) is 0 Å². The number of amides is 1. The van der Waals surface area contributed by atoms with Gasteiger partial charge in [-0.15, -0.1) is 0 Å². The van der Waals surface area contributed by atoms with E-state index in [0.29, 0.717) is 19.3 Å². The smallest absolute Gasteiger partial charge is 0.306 e. The van der Waals surface area contributed by atoms with Crippen molar-refractivity contribution in [2.75, 3.05) is 5.75 Å². The summed E-state index contributed by atoms with van der Waals surface area (Å²) in [5.74, 6) is -2.40. The van der Waals surface area contributed by atoms with E-state index in [2.05, 4.69) is 5.32 Å². The van der Waals surface area contributed by atoms with Crippen LogP contribution in [0, 0.1) is 5.92 Å². The van der Waals surface area contributed by atoms with Gasteiger partial charge >= 0.3 is 5.97 Å². The molecule has 1 rings (SSSR count).